The van der Waals surface area contributed by atoms with Crippen LogP contribution in [0.5, 0.6) is 5.75 Å². The summed E-state index contributed by atoms with van der Waals surface area (Å²) in [7, 11) is 1.61. The highest BCUT2D eigenvalue weighted by molar-refractivity contribution is 5.55. The Kier molecular flexibility index (Phi) is 4.06. The second-order valence-corrected chi connectivity index (χ2v) is 5.48. The van der Waals surface area contributed by atoms with Crippen LogP contribution in [0.3, 0.4) is 0 Å². The molecule has 1 N–H and O–H groups in total. The molecule has 4 rings (SSSR count). The molecule has 130 valence electrons. The summed E-state index contributed by atoms with van der Waals surface area (Å²) in [6, 6.07) is 10.7. The summed E-state index contributed by atoms with van der Waals surface area (Å²) < 4.78 is 15.8. The lowest BCUT2D eigenvalue weighted by Crippen LogP contribution is -2.07. The number of ether oxygens (including phenoxy) is 1. The number of aromatic nitrogens is 4. The molecule has 0 aliphatic heterocycles. The Morgan fingerprint density at radius 2 is 1.96 bits per heavy atom. The van der Waals surface area contributed by atoms with Crippen LogP contribution in [-0.4, -0.2) is 27.2 Å². The zero-order chi connectivity index (χ0) is 17.9. The van der Waals surface area contributed by atoms with E-state index in [1.807, 2.05) is 24.3 Å². The van der Waals surface area contributed by atoms with Crippen molar-refractivity contribution in [3.63, 3.8) is 0 Å². The molecule has 0 amide bonds. The molecule has 1 aromatic carbocycles. The average molecular weight is 350 g/mol. The summed E-state index contributed by atoms with van der Waals surface area (Å²) >= 11 is 0. The van der Waals surface area contributed by atoms with E-state index in [0.717, 1.165) is 11.3 Å². The van der Waals surface area contributed by atoms with E-state index in [1.165, 1.54) is 0 Å². The molecule has 0 saturated carbocycles. The summed E-state index contributed by atoms with van der Waals surface area (Å²) in [6.07, 6.45) is 3.41. The summed E-state index contributed by atoms with van der Waals surface area (Å²) in [5.74, 6) is 1.83. The lowest BCUT2D eigenvalue weighted by Gasteiger charge is -1.99. The number of nitrogens with one attached hydrogen (secondary N) is 1. The lowest BCUT2D eigenvalue weighted by atomic mass is 10.2. The van der Waals surface area contributed by atoms with Crippen molar-refractivity contribution in [3.8, 4) is 28.7 Å². The van der Waals surface area contributed by atoms with Gasteiger partial charge in [-0.3, -0.25) is 4.79 Å². The molecule has 0 unspecified atom stereocenters. The van der Waals surface area contributed by atoms with Gasteiger partial charge in [0.2, 0.25) is 5.89 Å². The highest BCUT2D eigenvalue weighted by Gasteiger charge is 2.14. The van der Waals surface area contributed by atoms with Crippen LogP contribution in [0.25, 0.3) is 22.9 Å². The Balaban J connectivity index is 1.53. The third-order valence-electron chi connectivity index (χ3n) is 3.74. The van der Waals surface area contributed by atoms with Gasteiger partial charge in [0.1, 0.15) is 17.6 Å². The van der Waals surface area contributed by atoms with Gasteiger partial charge in [-0.15, -0.1) is 0 Å². The maximum atomic E-state index is 11.8. The normalized spacial score (nSPS) is 10.8. The van der Waals surface area contributed by atoms with Crippen LogP contribution in [0, 0.1) is 0 Å². The van der Waals surface area contributed by atoms with Gasteiger partial charge in [-0.1, -0.05) is 5.16 Å². The molecule has 8 nitrogen and oxygen atoms in total. The number of H-pyrrole nitrogens is 1. The van der Waals surface area contributed by atoms with Gasteiger partial charge in [0.15, 0.2) is 5.82 Å². The fraction of sp³-hybridized carbons (Fsp3) is 0.111. The van der Waals surface area contributed by atoms with E-state index in [-0.39, 0.29) is 11.4 Å². The first-order valence-electron chi connectivity index (χ1n) is 7.82. The molecular formula is C18H14N4O4. The van der Waals surface area contributed by atoms with E-state index in [9.17, 15) is 4.79 Å². The highest BCUT2D eigenvalue weighted by atomic mass is 16.5. The quantitative estimate of drug-likeness (QED) is 0.589. The minimum absolute atomic E-state index is 0.167. The van der Waals surface area contributed by atoms with Gasteiger partial charge in [0.25, 0.3) is 11.4 Å². The third kappa shape index (κ3) is 3.12. The first-order valence-corrected chi connectivity index (χ1v) is 7.82. The smallest absolute Gasteiger partial charge is 0.263 e. The van der Waals surface area contributed by atoms with Gasteiger partial charge in [-0.05, 0) is 36.4 Å². The summed E-state index contributed by atoms with van der Waals surface area (Å²) in [6.45, 7) is 0. The molecule has 0 spiro atoms. The number of benzene rings is 1. The number of aromatic amines is 1. The molecule has 0 atom stereocenters. The molecule has 0 radical (unpaired) electrons. The van der Waals surface area contributed by atoms with Crippen molar-refractivity contribution in [2.75, 3.05) is 7.11 Å². The standard InChI is InChI=1S/C18H14N4O4/c1-24-13-6-4-11(5-7-13)17-20-12(10-25-17)9-15-21-18(26-22-15)14-3-2-8-19-16(14)23/h2-8,10H,9H2,1H3,(H,19,23). The fourth-order valence-electron chi connectivity index (χ4n) is 2.44. The zero-order valence-corrected chi connectivity index (χ0v) is 13.8. The van der Waals surface area contributed by atoms with Gasteiger partial charge in [0.05, 0.1) is 19.2 Å². The summed E-state index contributed by atoms with van der Waals surface area (Å²) in [5, 5.41) is 3.90. The van der Waals surface area contributed by atoms with E-state index >= 15 is 0 Å². The van der Waals surface area contributed by atoms with E-state index in [1.54, 1.807) is 31.7 Å². The van der Waals surface area contributed by atoms with Crippen LogP contribution in [0.2, 0.25) is 0 Å². The van der Waals surface area contributed by atoms with Crippen LogP contribution in [-0.2, 0) is 6.42 Å². The highest BCUT2D eigenvalue weighted by Crippen LogP contribution is 2.22. The maximum absolute atomic E-state index is 11.8. The zero-order valence-electron chi connectivity index (χ0n) is 13.8. The second-order valence-electron chi connectivity index (χ2n) is 5.48. The lowest BCUT2D eigenvalue weighted by molar-refractivity contribution is 0.415. The number of oxazole rings is 1. The Bertz CT molecular complexity index is 1080. The molecule has 0 bridgehead atoms. The minimum atomic E-state index is -0.286. The van der Waals surface area contributed by atoms with Crippen molar-refractivity contribution >= 4 is 0 Å². The number of methoxy groups -OCH3 is 1. The maximum Gasteiger partial charge on any atom is 0.263 e. The fourth-order valence-corrected chi connectivity index (χ4v) is 2.44. The van der Waals surface area contributed by atoms with Crippen molar-refractivity contribution in [2.45, 2.75) is 6.42 Å². The number of nitrogens with zero attached hydrogens (tertiary/aromatic N) is 3. The van der Waals surface area contributed by atoms with Gasteiger partial charge in [-0.2, -0.15) is 4.98 Å². The predicted molar refractivity (Wildman–Crippen MR) is 91.7 cm³/mol. The molecule has 4 aromatic rings. The number of pyridine rings is 1. The topological polar surface area (TPSA) is 107 Å². The van der Waals surface area contributed by atoms with Gasteiger partial charge in [0, 0.05) is 11.8 Å². The van der Waals surface area contributed by atoms with E-state index in [0.29, 0.717) is 29.4 Å². The van der Waals surface area contributed by atoms with Gasteiger partial charge in [-0.25, -0.2) is 4.98 Å². The predicted octanol–water partition coefficient (Wildman–Crippen LogP) is 2.68. The number of hydrogen-bond acceptors (Lipinski definition) is 7. The van der Waals surface area contributed by atoms with Crippen LogP contribution >= 0.6 is 0 Å². The largest absolute Gasteiger partial charge is 0.497 e. The molecular weight excluding hydrogens is 336 g/mol. The average Bonchev–Trinajstić information content (AvgIpc) is 3.32. The minimum Gasteiger partial charge on any atom is -0.497 e. The number of rotatable bonds is 5. The first kappa shape index (κ1) is 15.8. The molecule has 0 aliphatic rings. The molecule has 26 heavy (non-hydrogen) atoms. The van der Waals surface area contributed by atoms with Crippen LogP contribution in [0.15, 0.2) is 62.6 Å². The van der Waals surface area contributed by atoms with E-state index in [2.05, 4.69) is 20.1 Å². The van der Waals surface area contributed by atoms with Gasteiger partial charge < -0.3 is 18.7 Å². The molecule has 8 heteroatoms. The van der Waals surface area contributed by atoms with Gasteiger partial charge >= 0.3 is 0 Å². The monoisotopic (exact) mass is 350 g/mol. The van der Waals surface area contributed by atoms with Crippen molar-refractivity contribution in [3.05, 3.63) is 70.7 Å². The van der Waals surface area contributed by atoms with Crippen LogP contribution in [0.4, 0.5) is 0 Å². The molecule has 3 heterocycles. The molecule has 0 saturated heterocycles. The Hall–Kier alpha value is -3.68. The van der Waals surface area contributed by atoms with Crippen LogP contribution < -0.4 is 10.3 Å². The van der Waals surface area contributed by atoms with E-state index in [4.69, 9.17) is 13.7 Å². The Morgan fingerprint density at radius 1 is 1.12 bits per heavy atom. The van der Waals surface area contributed by atoms with Crippen molar-refractivity contribution < 1.29 is 13.7 Å². The summed E-state index contributed by atoms with van der Waals surface area (Å²) in [5.41, 5.74) is 1.53. The molecule has 0 fully saturated rings. The van der Waals surface area contributed by atoms with Crippen LogP contribution in [0.1, 0.15) is 11.5 Å². The first-order chi connectivity index (χ1) is 12.7. The third-order valence-corrected chi connectivity index (χ3v) is 3.74. The summed E-state index contributed by atoms with van der Waals surface area (Å²) in [4.78, 5) is 23.0. The Labute approximate surface area is 147 Å². The molecule has 0 aliphatic carbocycles. The van der Waals surface area contributed by atoms with E-state index < -0.39 is 0 Å². The number of hydrogen-bond donors (Lipinski definition) is 1. The molecule has 3 aromatic heterocycles. The Morgan fingerprint density at radius 3 is 2.73 bits per heavy atom. The van der Waals surface area contributed by atoms with Crippen molar-refractivity contribution in [1.29, 1.82) is 0 Å². The van der Waals surface area contributed by atoms with Crippen molar-refractivity contribution in [2.24, 2.45) is 0 Å². The second kappa shape index (κ2) is 6.67. The SMILES string of the molecule is COc1ccc(-c2nc(Cc3noc(-c4ccc[nH]c4=O)n3)co2)cc1. The van der Waals surface area contributed by atoms with Crippen molar-refractivity contribution in [1.82, 2.24) is 20.1 Å².